The Bertz CT molecular complexity index is 862. The minimum absolute atomic E-state index is 0.580. The quantitative estimate of drug-likeness (QED) is 0.760. The summed E-state index contributed by atoms with van der Waals surface area (Å²) in [5.41, 5.74) is 4.36. The molecule has 4 rings (SSSR count). The Morgan fingerprint density at radius 1 is 1.27 bits per heavy atom. The van der Waals surface area contributed by atoms with E-state index in [-0.39, 0.29) is 0 Å². The Balaban J connectivity index is 1.31. The number of aryl methyl sites for hydroxylation is 2. The van der Waals surface area contributed by atoms with E-state index in [0.717, 1.165) is 55.8 Å². The molecule has 0 unspecified atom stereocenters. The van der Waals surface area contributed by atoms with Gasteiger partial charge in [0.15, 0.2) is 0 Å². The van der Waals surface area contributed by atoms with Gasteiger partial charge in [0.2, 0.25) is 11.7 Å². The Morgan fingerprint density at radius 3 is 2.85 bits per heavy atom. The van der Waals surface area contributed by atoms with Crippen molar-refractivity contribution in [2.24, 2.45) is 5.92 Å². The van der Waals surface area contributed by atoms with Crippen molar-refractivity contribution in [3.63, 3.8) is 0 Å². The summed E-state index contributed by atoms with van der Waals surface area (Å²) < 4.78 is 5.46. The SMILES string of the molecule is Cc1ccnc(-c2noc(CC3CCN(Cc4cn[nH]c4C)CC3)n2)c1. The number of aromatic amines is 1. The number of hydrogen-bond acceptors (Lipinski definition) is 6. The predicted octanol–water partition coefficient (Wildman–Crippen LogP) is 2.93. The van der Waals surface area contributed by atoms with E-state index in [4.69, 9.17) is 4.52 Å². The first-order valence-corrected chi connectivity index (χ1v) is 9.14. The number of aromatic nitrogens is 5. The molecule has 0 saturated carbocycles. The number of pyridine rings is 1. The molecule has 7 heteroatoms. The van der Waals surface area contributed by atoms with Crippen molar-refractivity contribution in [3.8, 4) is 11.5 Å². The highest BCUT2D eigenvalue weighted by molar-refractivity contribution is 5.48. The van der Waals surface area contributed by atoms with Gasteiger partial charge in [-0.25, -0.2) is 0 Å². The maximum atomic E-state index is 5.46. The largest absolute Gasteiger partial charge is 0.339 e. The second-order valence-corrected chi connectivity index (χ2v) is 7.17. The number of rotatable bonds is 5. The van der Waals surface area contributed by atoms with Gasteiger partial charge in [-0.05, 0) is 63.4 Å². The maximum Gasteiger partial charge on any atom is 0.227 e. The average molecular weight is 352 g/mol. The van der Waals surface area contributed by atoms with Gasteiger partial charge in [-0.2, -0.15) is 10.1 Å². The lowest BCUT2D eigenvalue weighted by atomic mass is 9.93. The van der Waals surface area contributed by atoms with Crippen LogP contribution in [0.2, 0.25) is 0 Å². The third-order valence-corrected chi connectivity index (χ3v) is 5.11. The molecule has 1 N–H and O–H groups in total. The van der Waals surface area contributed by atoms with E-state index in [1.54, 1.807) is 6.20 Å². The molecule has 1 aliphatic heterocycles. The molecule has 0 bridgehead atoms. The van der Waals surface area contributed by atoms with E-state index >= 15 is 0 Å². The van der Waals surface area contributed by atoms with Crippen molar-refractivity contribution in [3.05, 3.63) is 47.2 Å². The van der Waals surface area contributed by atoms with Gasteiger partial charge < -0.3 is 4.52 Å². The standard InChI is InChI=1S/C19H24N6O/c1-13-3-6-20-17(9-13)19-22-18(26-24-19)10-15-4-7-25(8-5-15)12-16-11-21-23-14(16)2/h3,6,9,11,15H,4-5,7-8,10,12H2,1-2H3,(H,21,23). The third kappa shape index (κ3) is 3.83. The van der Waals surface area contributed by atoms with E-state index in [9.17, 15) is 0 Å². The van der Waals surface area contributed by atoms with Gasteiger partial charge in [-0.1, -0.05) is 5.16 Å². The van der Waals surface area contributed by atoms with Crippen LogP contribution in [-0.2, 0) is 13.0 Å². The molecule has 1 fully saturated rings. The average Bonchev–Trinajstić information content (AvgIpc) is 3.26. The first-order chi connectivity index (χ1) is 12.7. The van der Waals surface area contributed by atoms with E-state index < -0.39 is 0 Å². The Hall–Kier alpha value is -2.54. The zero-order valence-corrected chi connectivity index (χ0v) is 15.3. The Morgan fingerprint density at radius 2 is 2.12 bits per heavy atom. The molecule has 0 atom stereocenters. The summed E-state index contributed by atoms with van der Waals surface area (Å²) in [6, 6.07) is 3.94. The molecular weight excluding hydrogens is 328 g/mol. The zero-order valence-electron chi connectivity index (χ0n) is 15.3. The van der Waals surface area contributed by atoms with Crippen LogP contribution in [0.15, 0.2) is 29.0 Å². The first-order valence-electron chi connectivity index (χ1n) is 9.14. The van der Waals surface area contributed by atoms with Gasteiger partial charge in [-0.15, -0.1) is 0 Å². The smallest absolute Gasteiger partial charge is 0.227 e. The van der Waals surface area contributed by atoms with Crippen molar-refractivity contribution < 1.29 is 4.52 Å². The fourth-order valence-electron chi connectivity index (χ4n) is 3.47. The molecule has 0 radical (unpaired) electrons. The van der Waals surface area contributed by atoms with Crippen LogP contribution in [-0.4, -0.2) is 43.3 Å². The van der Waals surface area contributed by atoms with E-state index in [1.165, 1.54) is 5.56 Å². The Kier molecular flexibility index (Phi) is 4.79. The molecule has 0 amide bonds. The maximum absolute atomic E-state index is 5.46. The van der Waals surface area contributed by atoms with Crippen LogP contribution in [0.5, 0.6) is 0 Å². The second kappa shape index (κ2) is 7.37. The van der Waals surface area contributed by atoms with Crippen LogP contribution in [0, 0.1) is 19.8 Å². The lowest BCUT2D eigenvalue weighted by molar-refractivity contribution is 0.170. The monoisotopic (exact) mass is 352 g/mol. The minimum Gasteiger partial charge on any atom is -0.339 e. The fourth-order valence-corrected chi connectivity index (χ4v) is 3.47. The van der Waals surface area contributed by atoms with Gasteiger partial charge in [0.05, 0.1) is 6.20 Å². The van der Waals surface area contributed by atoms with Crippen LogP contribution >= 0.6 is 0 Å². The first kappa shape index (κ1) is 16.9. The highest BCUT2D eigenvalue weighted by atomic mass is 16.5. The Labute approximate surface area is 152 Å². The lowest BCUT2D eigenvalue weighted by Gasteiger charge is -2.31. The van der Waals surface area contributed by atoms with Crippen molar-refractivity contribution >= 4 is 0 Å². The summed E-state index contributed by atoms with van der Waals surface area (Å²) in [5.74, 6) is 1.89. The molecular formula is C19H24N6O. The second-order valence-electron chi connectivity index (χ2n) is 7.17. The van der Waals surface area contributed by atoms with Crippen molar-refractivity contribution in [1.29, 1.82) is 0 Å². The zero-order chi connectivity index (χ0) is 17.9. The summed E-state index contributed by atoms with van der Waals surface area (Å²) >= 11 is 0. The molecule has 0 aliphatic carbocycles. The molecule has 0 spiro atoms. The third-order valence-electron chi connectivity index (χ3n) is 5.11. The number of nitrogens with zero attached hydrogens (tertiary/aromatic N) is 5. The van der Waals surface area contributed by atoms with Gasteiger partial charge >= 0.3 is 0 Å². The summed E-state index contributed by atoms with van der Waals surface area (Å²) in [7, 11) is 0. The van der Waals surface area contributed by atoms with Crippen LogP contribution in [0.25, 0.3) is 11.5 Å². The van der Waals surface area contributed by atoms with E-state index in [0.29, 0.717) is 17.6 Å². The van der Waals surface area contributed by atoms with Crippen molar-refractivity contribution in [2.45, 2.75) is 39.7 Å². The van der Waals surface area contributed by atoms with Crippen LogP contribution in [0.3, 0.4) is 0 Å². The van der Waals surface area contributed by atoms with E-state index in [1.807, 2.05) is 25.3 Å². The van der Waals surface area contributed by atoms with Crippen LogP contribution in [0.4, 0.5) is 0 Å². The molecule has 3 aromatic rings. The summed E-state index contributed by atoms with van der Waals surface area (Å²) in [5, 5.41) is 11.2. The molecule has 1 aliphatic rings. The number of H-pyrrole nitrogens is 1. The molecule has 4 heterocycles. The van der Waals surface area contributed by atoms with Crippen LogP contribution in [0.1, 0.15) is 35.6 Å². The molecule has 7 nitrogen and oxygen atoms in total. The van der Waals surface area contributed by atoms with Gasteiger partial charge in [0.1, 0.15) is 5.69 Å². The normalized spacial score (nSPS) is 16.2. The topological polar surface area (TPSA) is 83.7 Å². The summed E-state index contributed by atoms with van der Waals surface area (Å²) in [4.78, 5) is 11.4. The van der Waals surface area contributed by atoms with Crippen molar-refractivity contribution in [2.75, 3.05) is 13.1 Å². The summed E-state index contributed by atoms with van der Waals surface area (Å²) in [6.07, 6.45) is 6.85. The molecule has 26 heavy (non-hydrogen) atoms. The van der Waals surface area contributed by atoms with Gasteiger partial charge in [0.25, 0.3) is 0 Å². The number of nitrogens with one attached hydrogen (secondary N) is 1. The van der Waals surface area contributed by atoms with Crippen molar-refractivity contribution in [1.82, 2.24) is 30.2 Å². The lowest BCUT2D eigenvalue weighted by Crippen LogP contribution is -2.34. The molecule has 1 saturated heterocycles. The molecule has 0 aromatic carbocycles. The predicted molar refractivity (Wildman–Crippen MR) is 97.3 cm³/mol. The highest BCUT2D eigenvalue weighted by Crippen LogP contribution is 2.23. The molecule has 3 aromatic heterocycles. The van der Waals surface area contributed by atoms with Gasteiger partial charge in [0, 0.05) is 30.4 Å². The van der Waals surface area contributed by atoms with E-state index in [2.05, 4.69) is 37.1 Å². The number of likely N-dealkylation sites (tertiary alicyclic amines) is 1. The highest BCUT2D eigenvalue weighted by Gasteiger charge is 2.22. The fraction of sp³-hybridized carbons (Fsp3) is 0.474. The number of hydrogen-bond donors (Lipinski definition) is 1. The minimum atomic E-state index is 0.580. The van der Waals surface area contributed by atoms with Crippen LogP contribution < -0.4 is 0 Å². The summed E-state index contributed by atoms with van der Waals surface area (Å²) in [6.45, 7) is 7.26. The van der Waals surface area contributed by atoms with Gasteiger partial charge in [-0.3, -0.25) is 15.0 Å². The number of piperidine rings is 1. The molecule has 136 valence electrons.